The number of alkyl halides is 3. The van der Waals surface area contributed by atoms with Crippen molar-refractivity contribution in [2.24, 2.45) is 0 Å². The zero-order valence-electron chi connectivity index (χ0n) is 12.5. The van der Waals surface area contributed by atoms with Crippen LogP contribution < -0.4 is 0 Å². The van der Waals surface area contributed by atoms with Gasteiger partial charge in [-0.25, -0.2) is 4.79 Å². The van der Waals surface area contributed by atoms with Gasteiger partial charge in [-0.3, -0.25) is 0 Å². The van der Waals surface area contributed by atoms with Crippen molar-refractivity contribution >= 4 is 12.0 Å². The molecule has 0 saturated carbocycles. The van der Waals surface area contributed by atoms with Gasteiger partial charge in [0.05, 0.1) is 23.6 Å². The molecule has 0 unspecified atom stereocenters. The van der Waals surface area contributed by atoms with Gasteiger partial charge in [-0.2, -0.15) is 23.1 Å². The first-order valence-corrected chi connectivity index (χ1v) is 6.77. The second kappa shape index (κ2) is 6.64. The van der Waals surface area contributed by atoms with Crippen molar-refractivity contribution in [3.05, 3.63) is 47.3 Å². The van der Waals surface area contributed by atoms with Crippen LogP contribution in [-0.2, 0) is 15.7 Å². The van der Waals surface area contributed by atoms with E-state index < -0.39 is 17.7 Å². The lowest BCUT2D eigenvalue weighted by molar-refractivity contribution is -0.138. The van der Waals surface area contributed by atoms with Gasteiger partial charge >= 0.3 is 12.1 Å². The van der Waals surface area contributed by atoms with E-state index in [1.165, 1.54) is 29.1 Å². The summed E-state index contributed by atoms with van der Waals surface area (Å²) in [4.78, 5) is 12.5. The molecule has 0 spiro atoms. The maximum absolute atomic E-state index is 12.5. The third-order valence-corrected chi connectivity index (χ3v) is 2.91. The number of rotatable bonds is 4. The van der Waals surface area contributed by atoms with Crippen molar-refractivity contribution in [2.75, 3.05) is 6.61 Å². The van der Waals surface area contributed by atoms with Crippen LogP contribution in [0.5, 0.6) is 0 Å². The molecule has 2 aromatic rings. The number of carbonyl (C=O) groups is 1. The molecule has 0 aliphatic carbocycles. The molecule has 5 nitrogen and oxygen atoms in total. The van der Waals surface area contributed by atoms with E-state index >= 15 is 0 Å². The first-order chi connectivity index (χ1) is 10.8. The van der Waals surface area contributed by atoms with Gasteiger partial charge in [-0.05, 0) is 44.2 Å². The minimum Gasteiger partial charge on any atom is -0.463 e. The summed E-state index contributed by atoms with van der Waals surface area (Å²) in [6, 6.07) is 4.48. The van der Waals surface area contributed by atoms with Crippen molar-refractivity contribution in [1.82, 2.24) is 15.0 Å². The minimum absolute atomic E-state index is 0.264. The molecule has 0 saturated heterocycles. The van der Waals surface area contributed by atoms with Crippen LogP contribution in [0.25, 0.3) is 11.8 Å². The fraction of sp³-hybridized carbons (Fsp3) is 0.267. The number of esters is 1. The molecule has 0 amide bonds. The quantitative estimate of drug-likeness (QED) is 0.640. The van der Waals surface area contributed by atoms with Gasteiger partial charge in [-0.1, -0.05) is 0 Å². The summed E-state index contributed by atoms with van der Waals surface area (Å²) in [5.74, 6) is -0.504. The van der Waals surface area contributed by atoms with Crippen LogP contribution >= 0.6 is 0 Å². The second-order valence-electron chi connectivity index (χ2n) is 4.59. The number of hydrogen-bond acceptors (Lipinski definition) is 4. The summed E-state index contributed by atoms with van der Waals surface area (Å²) in [6.07, 6.45) is -1.72. The predicted molar refractivity (Wildman–Crippen MR) is 76.8 cm³/mol. The lowest BCUT2D eigenvalue weighted by Gasteiger charge is -2.06. The Kier molecular flexibility index (Phi) is 4.83. The van der Waals surface area contributed by atoms with Crippen molar-refractivity contribution in [3.8, 4) is 5.69 Å². The molecule has 2 rings (SSSR count). The van der Waals surface area contributed by atoms with Gasteiger partial charge in [0, 0.05) is 6.08 Å². The Balaban J connectivity index is 2.22. The monoisotopic (exact) mass is 325 g/mol. The fourth-order valence-corrected chi connectivity index (χ4v) is 1.78. The standard InChI is InChI=1S/C15H14F3N3O2/c1-3-23-14(22)9-8-13-10(2)19-21(20-13)12-6-4-11(5-7-12)15(16,17)18/h4-9H,3H2,1-2H3. The molecule has 1 aromatic carbocycles. The summed E-state index contributed by atoms with van der Waals surface area (Å²) in [6.45, 7) is 3.64. The number of benzene rings is 1. The SMILES string of the molecule is CCOC(=O)C=Cc1nn(-c2ccc(C(F)(F)F)cc2)nc1C. The molecular weight excluding hydrogens is 311 g/mol. The van der Waals surface area contributed by atoms with Gasteiger partial charge in [0.15, 0.2) is 0 Å². The largest absolute Gasteiger partial charge is 0.463 e. The number of aromatic nitrogens is 3. The van der Waals surface area contributed by atoms with Crippen LogP contribution in [-0.4, -0.2) is 27.6 Å². The van der Waals surface area contributed by atoms with E-state index in [9.17, 15) is 18.0 Å². The molecule has 23 heavy (non-hydrogen) atoms. The van der Waals surface area contributed by atoms with Crippen molar-refractivity contribution < 1.29 is 22.7 Å². The lowest BCUT2D eigenvalue weighted by Crippen LogP contribution is -2.06. The Morgan fingerprint density at radius 3 is 2.48 bits per heavy atom. The van der Waals surface area contributed by atoms with E-state index in [2.05, 4.69) is 10.2 Å². The highest BCUT2D eigenvalue weighted by atomic mass is 19.4. The van der Waals surface area contributed by atoms with E-state index in [0.717, 1.165) is 12.1 Å². The third kappa shape index (κ3) is 4.18. The smallest absolute Gasteiger partial charge is 0.416 e. The molecule has 0 bridgehead atoms. The van der Waals surface area contributed by atoms with Gasteiger partial charge in [-0.15, -0.1) is 5.10 Å². The zero-order chi connectivity index (χ0) is 17.0. The third-order valence-electron chi connectivity index (χ3n) is 2.91. The molecule has 0 N–H and O–H groups in total. The van der Waals surface area contributed by atoms with E-state index in [-0.39, 0.29) is 6.61 Å². The van der Waals surface area contributed by atoms with Gasteiger partial charge in [0.2, 0.25) is 0 Å². The van der Waals surface area contributed by atoms with Crippen molar-refractivity contribution in [1.29, 1.82) is 0 Å². The number of carbonyl (C=O) groups excluding carboxylic acids is 1. The Morgan fingerprint density at radius 2 is 1.91 bits per heavy atom. The Morgan fingerprint density at radius 1 is 1.26 bits per heavy atom. The molecular formula is C15H14F3N3O2. The molecule has 0 aliphatic heterocycles. The number of halogens is 3. The van der Waals surface area contributed by atoms with Crippen LogP contribution in [0.4, 0.5) is 13.2 Å². The summed E-state index contributed by atoms with van der Waals surface area (Å²) >= 11 is 0. The van der Waals surface area contributed by atoms with E-state index in [0.29, 0.717) is 17.1 Å². The van der Waals surface area contributed by atoms with E-state index in [1.54, 1.807) is 13.8 Å². The maximum atomic E-state index is 12.5. The first-order valence-electron chi connectivity index (χ1n) is 6.77. The second-order valence-corrected chi connectivity index (χ2v) is 4.59. The summed E-state index contributed by atoms with van der Waals surface area (Å²) in [7, 11) is 0. The maximum Gasteiger partial charge on any atom is 0.416 e. The zero-order valence-corrected chi connectivity index (χ0v) is 12.5. The topological polar surface area (TPSA) is 57.0 Å². The molecule has 0 radical (unpaired) electrons. The van der Waals surface area contributed by atoms with Gasteiger partial charge in [0.25, 0.3) is 0 Å². The molecule has 1 heterocycles. The molecule has 8 heteroatoms. The van der Waals surface area contributed by atoms with Crippen LogP contribution in [0.3, 0.4) is 0 Å². The molecule has 0 fully saturated rings. The number of hydrogen-bond donors (Lipinski definition) is 0. The average Bonchev–Trinajstić information content (AvgIpc) is 2.86. The normalized spacial score (nSPS) is 11.9. The number of aryl methyl sites for hydroxylation is 1. The lowest BCUT2D eigenvalue weighted by atomic mass is 10.2. The highest BCUT2D eigenvalue weighted by Gasteiger charge is 2.30. The molecule has 122 valence electrons. The Hall–Kier alpha value is -2.64. The Bertz CT molecular complexity index is 719. The number of nitrogens with zero attached hydrogens (tertiary/aromatic N) is 3. The summed E-state index contributed by atoms with van der Waals surface area (Å²) in [5, 5.41) is 8.25. The minimum atomic E-state index is -4.39. The highest BCUT2D eigenvalue weighted by molar-refractivity contribution is 5.86. The van der Waals surface area contributed by atoms with Crippen LogP contribution in [0.2, 0.25) is 0 Å². The van der Waals surface area contributed by atoms with Crippen molar-refractivity contribution in [3.63, 3.8) is 0 Å². The average molecular weight is 325 g/mol. The predicted octanol–water partition coefficient (Wildman–Crippen LogP) is 3.17. The van der Waals surface area contributed by atoms with Crippen LogP contribution in [0.15, 0.2) is 30.3 Å². The Labute approximate surface area is 130 Å². The summed E-state index contributed by atoms with van der Waals surface area (Å²) < 4.78 is 42.4. The van der Waals surface area contributed by atoms with Crippen LogP contribution in [0, 0.1) is 6.92 Å². The summed E-state index contributed by atoms with van der Waals surface area (Å²) in [5.41, 5.74) is 0.604. The van der Waals surface area contributed by atoms with Crippen molar-refractivity contribution in [2.45, 2.75) is 20.0 Å². The fourth-order valence-electron chi connectivity index (χ4n) is 1.78. The van der Waals surface area contributed by atoms with Crippen LogP contribution in [0.1, 0.15) is 23.9 Å². The molecule has 1 aromatic heterocycles. The molecule has 0 atom stereocenters. The molecule has 0 aliphatic rings. The van der Waals surface area contributed by atoms with E-state index in [1.807, 2.05) is 0 Å². The highest BCUT2D eigenvalue weighted by Crippen LogP contribution is 2.29. The first kappa shape index (κ1) is 16.7. The van der Waals surface area contributed by atoms with Gasteiger partial charge < -0.3 is 4.74 Å². The van der Waals surface area contributed by atoms with E-state index in [4.69, 9.17) is 4.74 Å². The number of ether oxygens (including phenoxy) is 1. The van der Waals surface area contributed by atoms with Gasteiger partial charge in [0.1, 0.15) is 5.69 Å².